The molecular weight excluding hydrogens is 464 g/mol. The number of likely N-dealkylation sites (tertiary alicyclic amines) is 1. The lowest BCUT2D eigenvalue weighted by Gasteiger charge is -2.31. The molecule has 1 aliphatic heterocycles. The summed E-state index contributed by atoms with van der Waals surface area (Å²) in [6.45, 7) is 5.69. The SMILES string of the molecule is CCOC(=O)[C@H]1CCCN(C(=O)Cc2ccc(N(Cc3cccc(C)c3)C(=O)c3ccccc3)cc2)C1. The third kappa shape index (κ3) is 6.85. The Bertz CT molecular complexity index is 1220. The van der Waals surface area contributed by atoms with E-state index in [0.29, 0.717) is 31.8 Å². The van der Waals surface area contributed by atoms with E-state index in [1.54, 1.807) is 16.7 Å². The van der Waals surface area contributed by atoms with Crippen molar-refractivity contribution in [2.75, 3.05) is 24.6 Å². The Hall–Kier alpha value is -3.93. The van der Waals surface area contributed by atoms with E-state index in [2.05, 4.69) is 6.07 Å². The summed E-state index contributed by atoms with van der Waals surface area (Å²) in [4.78, 5) is 42.1. The predicted octanol–water partition coefficient (Wildman–Crippen LogP) is 5.19. The van der Waals surface area contributed by atoms with Crippen molar-refractivity contribution in [3.63, 3.8) is 0 Å². The highest BCUT2D eigenvalue weighted by Crippen LogP contribution is 2.23. The zero-order chi connectivity index (χ0) is 26.2. The van der Waals surface area contributed by atoms with E-state index in [1.165, 1.54) is 0 Å². The first-order valence-corrected chi connectivity index (χ1v) is 12.9. The molecule has 6 heteroatoms. The number of piperidine rings is 1. The van der Waals surface area contributed by atoms with Gasteiger partial charge < -0.3 is 14.5 Å². The molecule has 0 saturated carbocycles. The zero-order valence-corrected chi connectivity index (χ0v) is 21.6. The van der Waals surface area contributed by atoms with Crippen LogP contribution in [0.1, 0.15) is 46.8 Å². The van der Waals surface area contributed by atoms with Crippen LogP contribution in [0, 0.1) is 12.8 Å². The number of anilines is 1. The fourth-order valence-corrected chi connectivity index (χ4v) is 4.75. The van der Waals surface area contributed by atoms with E-state index in [0.717, 1.165) is 35.2 Å². The summed E-state index contributed by atoms with van der Waals surface area (Å²) in [5.74, 6) is -0.552. The van der Waals surface area contributed by atoms with Crippen LogP contribution in [0.2, 0.25) is 0 Å². The molecule has 1 fully saturated rings. The summed E-state index contributed by atoms with van der Waals surface area (Å²) in [5, 5.41) is 0. The molecule has 0 aromatic heterocycles. The van der Waals surface area contributed by atoms with Crippen LogP contribution < -0.4 is 4.90 Å². The third-order valence-corrected chi connectivity index (χ3v) is 6.69. The lowest BCUT2D eigenvalue weighted by molar-refractivity contribution is -0.151. The zero-order valence-electron chi connectivity index (χ0n) is 21.6. The van der Waals surface area contributed by atoms with Crippen molar-refractivity contribution in [3.8, 4) is 0 Å². The Labute approximate surface area is 218 Å². The number of aryl methyl sites for hydroxylation is 1. The molecule has 6 nitrogen and oxygen atoms in total. The molecule has 37 heavy (non-hydrogen) atoms. The highest BCUT2D eigenvalue weighted by atomic mass is 16.5. The van der Waals surface area contributed by atoms with Crippen molar-refractivity contribution in [1.82, 2.24) is 4.90 Å². The lowest BCUT2D eigenvalue weighted by atomic mass is 9.97. The summed E-state index contributed by atoms with van der Waals surface area (Å²) >= 11 is 0. The second-order valence-electron chi connectivity index (χ2n) is 9.52. The Morgan fingerprint density at radius 3 is 2.41 bits per heavy atom. The Kier molecular flexibility index (Phi) is 8.72. The van der Waals surface area contributed by atoms with Gasteiger partial charge in [-0.3, -0.25) is 14.4 Å². The van der Waals surface area contributed by atoms with Crippen molar-refractivity contribution in [1.29, 1.82) is 0 Å². The number of hydrogen-bond acceptors (Lipinski definition) is 4. The molecule has 192 valence electrons. The van der Waals surface area contributed by atoms with Gasteiger partial charge in [-0.2, -0.15) is 0 Å². The highest BCUT2D eigenvalue weighted by Gasteiger charge is 2.29. The maximum atomic E-state index is 13.5. The van der Waals surface area contributed by atoms with Gasteiger partial charge in [-0.15, -0.1) is 0 Å². The highest BCUT2D eigenvalue weighted by molar-refractivity contribution is 6.06. The number of benzene rings is 3. The molecule has 1 heterocycles. The van der Waals surface area contributed by atoms with Crippen LogP contribution in [0.3, 0.4) is 0 Å². The second-order valence-corrected chi connectivity index (χ2v) is 9.52. The third-order valence-electron chi connectivity index (χ3n) is 6.69. The number of carbonyl (C=O) groups is 3. The van der Waals surface area contributed by atoms with Crippen LogP contribution in [-0.4, -0.2) is 42.4 Å². The number of nitrogens with zero attached hydrogens (tertiary/aromatic N) is 2. The summed E-state index contributed by atoms with van der Waals surface area (Å²) in [7, 11) is 0. The van der Waals surface area contributed by atoms with Crippen molar-refractivity contribution >= 4 is 23.5 Å². The van der Waals surface area contributed by atoms with Gasteiger partial charge in [0.1, 0.15) is 0 Å². The first-order valence-electron chi connectivity index (χ1n) is 12.9. The van der Waals surface area contributed by atoms with Crippen LogP contribution in [0.5, 0.6) is 0 Å². The summed E-state index contributed by atoms with van der Waals surface area (Å²) < 4.78 is 5.15. The van der Waals surface area contributed by atoms with Crippen LogP contribution in [0.25, 0.3) is 0 Å². The second kappa shape index (κ2) is 12.3. The Morgan fingerprint density at radius 1 is 0.946 bits per heavy atom. The quantitative estimate of drug-likeness (QED) is 0.401. The molecule has 0 spiro atoms. The van der Waals surface area contributed by atoms with Gasteiger partial charge in [0.05, 0.1) is 25.5 Å². The van der Waals surface area contributed by atoms with E-state index in [9.17, 15) is 14.4 Å². The fraction of sp³-hybridized carbons (Fsp3) is 0.323. The average molecular weight is 499 g/mol. The van der Waals surface area contributed by atoms with Crippen molar-refractivity contribution in [2.45, 2.75) is 39.7 Å². The summed E-state index contributed by atoms with van der Waals surface area (Å²) in [6.07, 6.45) is 1.80. The van der Waals surface area contributed by atoms with E-state index in [4.69, 9.17) is 4.74 Å². The van der Waals surface area contributed by atoms with Gasteiger partial charge in [0.2, 0.25) is 5.91 Å². The molecule has 3 aromatic rings. The van der Waals surface area contributed by atoms with Gasteiger partial charge in [-0.05, 0) is 62.1 Å². The van der Waals surface area contributed by atoms with Crippen LogP contribution in [-0.2, 0) is 27.3 Å². The maximum Gasteiger partial charge on any atom is 0.310 e. The van der Waals surface area contributed by atoms with Crippen LogP contribution >= 0.6 is 0 Å². The van der Waals surface area contributed by atoms with E-state index in [1.807, 2.05) is 79.7 Å². The molecule has 1 aliphatic rings. The minimum atomic E-state index is -0.251. The first-order chi connectivity index (χ1) is 17.9. The summed E-state index contributed by atoms with van der Waals surface area (Å²) in [5.41, 5.74) is 4.45. The topological polar surface area (TPSA) is 66.9 Å². The number of amides is 2. The molecule has 2 amide bonds. The van der Waals surface area contributed by atoms with Gasteiger partial charge in [0.25, 0.3) is 5.91 Å². The van der Waals surface area contributed by atoms with Crippen LogP contribution in [0.15, 0.2) is 78.9 Å². The average Bonchev–Trinajstić information content (AvgIpc) is 2.92. The maximum absolute atomic E-state index is 13.5. The molecule has 1 atom stereocenters. The fourth-order valence-electron chi connectivity index (χ4n) is 4.75. The lowest BCUT2D eigenvalue weighted by Crippen LogP contribution is -2.43. The number of rotatable bonds is 8. The monoisotopic (exact) mass is 498 g/mol. The number of ether oxygens (including phenoxy) is 1. The molecule has 4 rings (SSSR count). The molecule has 0 unspecified atom stereocenters. The molecule has 0 aliphatic carbocycles. The normalized spacial score (nSPS) is 15.2. The van der Waals surface area contributed by atoms with E-state index < -0.39 is 0 Å². The molecular formula is C31H34N2O4. The first kappa shape index (κ1) is 26.1. The molecule has 0 N–H and O–H groups in total. The van der Waals surface area contributed by atoms with Crippen molar-refractivity contribution in [2.24, 2.45) is 5.92 Å². The van der Waals surface area contributed by atoms with E-state index in [-0.39, 0.29) is 30.1 Å². The van der Waals surface area contributed by atoms with Gasteiger partial charge in [-0.25, -0.2) is 0 Å². The van der Waals surface area contributed by atoms with Gasteiger partial charge in [0, 0.05) is 24.3 Å². The Balaban J connectivity index is 1.48. The van der Waals surface area contributed by atoms with Crippen molar-refractivity contribution < 1.29 is 19.1 Å². The number of esters is 1. The van der Waals surface area contributed by atoms with Gasteiger partial charge in [-0.1, -0.05) is 60.2 Å². The summed E-state index contributed by atoms with van der Waals surface area (Å²) in [6, 6.07) is 25.0. The largest absolute Gasteiger partial charge is 0.466 e. The molecule has 1 saturated heterocycles. The van der Waals surface area contributed by atoms with Crippen LogP contribution in [0.4, 0.5) is 5.69 Å². The molecule has 3 aromatic carbocycles. The van der Waals surface area contributed by atoms with E-state index >= 15 is 0 Å². The molecule has 0 bridgehead atoms. The van der Waals surface area contributed by atoms with Crippen molar-refractivity contribution in [3.05, 3.63) is 101 Å². The predicted molar refractivity (Wildman–Crippen MR) is 144 cm³/mol. The smallest absolute Gasteiger partial charge is 0.310 e. The molecule has 0 radical (unpaired) electrons. The minimum Gasteiger partial charge on any atom is -0.466 e. The standard InChI is InChI=1S/C31H34N2O4/c1-3-37-31(36)27-13-8-18-32(22-27)29(34)20-24-14-16-28(17-15-24)33(21-25-10-7-9-23(2)19-25)30(35)26-11-5-4-6-12-26/h4-7,9-12,14-17,19,27H,3,8,13,18,20-22H2,1-2H3/t27-/m0/s1. The number of carbonyl (C=O) groups excluding carboxylic acids is 3. The Morgan fingerprint density at radius 2 is 1.70 bits per heavy atom. The number of hydrogen-bond donors (Lipinski definition) is 0. The van der Waals surface area contributed by atoms with Gasteiger partial charge >= 0.3 is 5.97 Å². The minimum absolute atomic E-state index is 0.00118. The van der Waals surface area contributed by atoms with Gasteiger partial charge in [0.15, 0.2) is 0 Å².